The zero-order valence-electron chi connectivity index (χ0n) is 10.7. The highest BCUT2D eigenvalue weighted by atomic mass is 15.2. The average Bonchev–Trinajstić information content (AvgIpc) is 2.22. The highest BCUT2D eigenvalue weighted by molar-refractivity contribution is 4.83. The van der Waals surface area contributed by atoms with Gasteiger partial charge in [-0.15, -0.1) is 0 Å². The van der Waals surface area contributed by atoms with Gasteiger partial charge in [-0.05, 0) is 44.7 Å². The van der Waals surface area contributed by atoms with Gasteiger partial charge in [0.1, 0.15) is 0 Å². The highest BCUT2D eigenvalue weighted by Crippen LogP contribution is 2.21. The molecule has 1 aliphatic rings. The van der Waals surface area contributed by atoms with E-state index in [0.717, 1.165) is 5.92 Å². The molecule has 2 heteroatoms. The van der Waals surface area contributed by atoms with E-state index < -0.39 is 0 Å². The van der Waals surface area contributed by atoms with Crippen LogP contribution >= 0.6 is 0 Å². The predicted molar refractivity (Wildman–Crippen MR) is 66.9 cm³/mol. The minimum atomic E-state index is 0.383. The van der Waals surface area contributed by atoms with Gasteiger partial charge < -0.3 is 5.73 Å². The Labute approximate surface area is 95.2 Å². The fourth-order valence-electron chi connectivity index (χ4n) is 2.72. The normalized spacial score (nSPS) is 24.0. The first kappa shape index (κ1) is 13.0. The minimum absolute atomic E-state index is 0.383. The van der Waals surface area contributed by atoms with Crippen LogP contribution in [-0.4, -0.2) is 30.1 Å². The first-order chi connectivity index (χ1) is 7.19. The van der Waals surface area contributed by atoms with Crippen LogP contribution in [0.15, 0.2) is 0 Å². The Morgan fingerprint density at radius 1 is 1.27 bits per heavy atom. The number of piperidine rings is 1. The minimum Gasteiger partial charge on any atom is -0.326 e. The number of nitrogens with two attached hydrogens (primary N) is 1. The SMILES string of the molecule is CCCC(N)C(CC)N1CCC(C)CC1. The predicted octanol–water partition coefficient (Wildman–Crippen LogP) is 2.62. The van der Waals surface area contributed by atoms with Crippen molar-refractivity contribution >= 4 is 0 Å². The summed E-state index contributed by atoms with van der Waals surface area (Å²) < 4.78 is 0. The molecule has 2 unspecified atom stereocenters. The molecule has 1 fully saturated rings. The van der Waals surface area contributed by atoms with Gasteiger partial charge in [0.15, 0.2) is 0 Å². The van der Waals surface area contributed by atoms with Crippen molar-refractivity contribution < 1.29 is 0 Å². The molecule has 0 spiro atoms. The zero-order valence-corrected chi connectivity index (χ0v) is 10.7. The fraction of sp³-hybridized carbons (Fsp3) is 1.00. The lowest BCUT2D eigenvalue weighted by atomic mass is 9.94. The molecule has 0 amide bonds. The van der Waals surface area contributed by atoms with Gasteiger partial charge in [0.2, 0.25) is 0 Å². The van der Waals surface area contributed by atoms with Crippen molar-refractivity contribution in [2.45, 2.75) is 65.0 Å². The molecule has 1 heterocycles. The van der Waals surface area contributed by atoms with E-state index in [1.54, 1.807) is 0 Å². The molecule has 0 saturated carbocycles. The van der Waals surface area contributed by atoms with E-state index >= 15 is 0 Å². The molecule has 0 bridgehead atoms. The lowest BCUT2D eigenvalue weighted by Gasteiger charge is -2.39. The van der Waals surface area contributed by atoms with E-state index in [4.69, 9.17) is 5.73 Å². The number of hydrogen-bond acceptors (Lipinski definition) is 2. The summed E-state index contributed by atoms with van der Waals surface area (Å²) in [5.41, 5.74) is 6.26. The molecular weight excluding hydrogens is 184 g/mol. The number of likely N-dealkylation sites (tertiary alicyclic amines) is 1. The molecule has 2 N–H and O–H groups in total. The quantitative estimate of drug-likeness (QED) is 0.759. The molecule has 1 rings (SSSR count). The summed E-state index contributed by atoms with van der Waals surface area (Å²) in [7, 11) is 0. The maximum absolute atomic E-state index is 6.26. The van der Waals surface area contributed by atoms with Crippen molar-refractivity contribution in [2.75, 3.05) is 13.1 Å². The van der Waals surface area contributed by atoms with Gasteiger partial charge in [0.25, 0.3) is 0 Å². The summed E-state index contributed by atoms with van der Waals surface area (Å²) in [6.45, 7) is 9.39. The lowest BCUT2D eigenvalue weighted by Crippen LogP contribution is -2.50. The van der Waals surface area contributed by atoms with Gasteiger partial charge >= 0.3 is 0 Å². The Morgan fingerprint density at radius 3 is 2.33 bits per heavy atom. The number of nitrogens with zero attached hydrogens (tertiary/aromatic N) is 1. The molecule has 1 aliphatic heterocycles. The summed E-state index contributed by atoms with van der Waals surface area (Å²) in [6.07, 6.45) is 6.30. The Bertz CT molecular complexity index is 162. The van der Waals surface area contributed by atoms with Gasteiger partial charge in [-0.1, -0.05) is 27.2 Å². The molecule has 0 aromatic rings. The number of rotatable bonds is 5. The van der Waals surface area contributed by atoms with E-state index in [-0.39, 0.29) is 0 Å². The Morgan fingerprint density at radius 2 is 1.87 bits per heavy atom. The lowest BCUT2D eigenvalue weighted by molar-refractivity contribution is 0.114. The Kier molecular flexibility index (Phi) is 5.62. The van der Waals surface area contributed by atoms with Crippen LogP contribution in [0.4, 0.5) is 0 Å². The molecule has 15 heavy (non-hydrogen) atoms. The van der Waals surface area contributed by atoms with Gasteiger partial charge in [0.05, 0.1) is 0 Å². The van der Waals surface area contributed by atoms with Crippen LogP contribution in [0.25, 0.3) is 0 Å². The Balaban J connectivity index is 2.43. The Hall–Kier alpha value is -0.0800. The van der Waals surface area contributed by atoms with Crippen LogP contribution < -0.4 is 5.73 Å². The maximum Gasteiger partial charge on any atom is 0.0244 e. The maximum atomic E-state index is 6.26. The van der Waals surface area contributed by atoms with E-state index in [1.807, 2.05) is 0 Å². The second-order valence-corrected chi connectivity index (χ2v) is 5.15. The third-order valence-corrected chi connectivity index (χ3v) is 3.82. The summed E-state index contributed by atoms with van der Waals surface area (Å²) in [4.78, 5) is 2.63. The zero-order chi connectivity index (χ0) is 11.3. The fourth-order valence-corrected chi connectivity index (χ4v) is 2.72. The first-order valence-corrected chi connectivity index (χ1v) is 6.68. The average molecular weight is 212 g/mol. The standard InChI is InChI=1S/C13H28N2/c1-4-6-12(14)13(5-2)15-9-7-11(3)8-10-15/h11-13H,4-10,14H2,1-3H3. The highest BCUT2D eigenvalue weighted by Gasteiger charge is 2.25. The van der Waals surface area contributed by atoms with Crippen molar-refractivity contribution in [1.29, 1.82) is 0 Å². The smallest absolute Gasteiger partial charge is 0.0244 e. The topological polar surface area (TPSA) is 29.3 Å². The second-order valence-electron chi connectivity index (χ2n) is 5.15. The second kappa shape index (κ2) is 6.49. The number of hydrogen-bond donors (Lipinski definition) is 1. The molecule has 2 atom stereocenters. The first-order valence-electron chi connectivity index (χ1n) is 6.68. The van der Waals surface area contributed by atoms with Gasteiger partial charge in [0, 0.05) is 12.1 Å². The van der Waals surface area contributed by atoms with E-state index in [0.29, 0.717) is 12.1 Å². The van der Waals surface area contributed by atoms with Crippen LogP contribution in [0.2, 0.25) is 0 Å². The van der Waals surface area contributed by atoms with E-state index in [1.165, 1.54) is 45.2 Å². The van der Waals surface area contributed by atoms with Crippen LogP contribution in [0, 0.1) is 5.92 Å². The van der Waals surface area contributed by atoms with Crippen molar-refractivity contribution in [2.24, 2.45) is 11.7 Å². The van der Waals surface area contributed by atoms with Crippen LogP contribution in [0.1, 0.15) is 52.9 Å². The third-order valence-electron chi connectivity index (χ3n) is 3.82. The molecule has 0 aliphatic carbocycles. The van der Waals surface area contributed by atoms with Gasteiger partial charge in [-0.2, -0.15) is 0 Å². The molecule has 1 saturated heterocycles. The van der Waals surface area contributed by atoms with Crippen molar-refractivity contribution in [1.82, 2.24) is 4.90 Å². The van der Waals surface area contributed by atoms with Gasteiger partial charge in [-0.3, -0.25) is 4.90 Å². The third kappa shape index (κ3) is 3.76. The van der Waals surface area contributed by atoms with Crippen molar-refractivity contribution in [3.8, 4) is 0 Å². The molecule has 0 aromatic carbocycles. The molecule has 0 aromatic heterocycles. The summed E-state index contributed by atoms with van der Waals surface area (Å²) in [5.74, 6) is 0.918. The molecule has 2 nitrogen and oxygen atoms in total. The largest absolute Gasteiger partial charge is 0.326 e. The van der Waals surface area contributed by atoms with Crippen molar-refractivity contribution in [3.63, 3.8) is 0 Å². The van der Waals surface area contributed by atoms with Crippen LogP contribution in [-0.2, 0) is 0 Å². The summed E-state index contributed by atoms with van der Waals surface area (Å²) >= 11 is 0. The molecular formula is C13H28N2. The van der Waals surface area contributed by atoms with Crippen LogP contribution in [0.5, 0.6) is 0 Å². The monoisotopic (exact) mass is 212 g/mol. The van der Waals surface area contributed by atoms with E-state index in [2.05, 4.69) is 25.7 Å². The van der Waals surface area contributed by atoms with Crippen LogP contribution in [0.3, 0.4) is 0 Å². The van der Waals surface area contributed by atoms with Crippen molar-refractivity contribution in [3.05, 3.63) is 0 Å². The van der Waals surface area contributed by atoms with Gasteiger partial charge in [-0.25, -0.2) is 0 Å². The molecule has 90 valence electrons. The van der Waals surface area contributed by atoms with E-state index in [9.17, 15) is 0 Å². The summed E-state index contributed by atoms with van der Waals surface area (Å²) in [5, 5.41) is 0. The molecule has 0 radical (unpaired) electrons. The summed E-state index contributed by atoms with van der Waals surface area (Å²) in [6, 6.07) is 1.01.